The van der Waals surface area contributed by atoms with E-state index in [2.05, 4.69) is 0 Å². The fourth-order valence-electron chi connectivity index (χ4n) is 2.15. The van der Waals surface area contributed by atoms with Gasteiger partial charge >= 0.3 is 0 Å². The van der Waals surface area contributed by atoms with Crippen molar-refractivity contribution in [1.29, 1.82) is 0 Å². The highest BCUT2D eigenvalue weighted by atomic mass is 16.5. The molecule has 2 aromatic rings. The van der Waals surface area contributed by atoms with E-state index in [0.717, 1.165) is 17.9 Å². The molecule has 2 rings (SSSR count). The van der Waals surface area contributed by atoms with Crippen LogP contribution < -0.4 is 9.47 Å². The summed E-state index contributed by atoms with van der Waals surface area (Å²) in [5.41, 5.74) is 1.47. The molecule has 2 aromatic carbocycles. The van der Waals surface area contributed by atoms with Crippen LogP contribution in [0.4, 0.5) is 0 Å². The highest BCUT2D eigenvalue weighted by Gasteiger charge is 2.05. The van der Waals surface area contributed by atoms with Gasteiger partial charge in [0.05, 0.1) is 7.11 Å². The Morgan fingerprint density at radius 2 is 1.92 bits per heavy atom. The van der Waals surface area contributed by atoms with Crippen LogP contribution in [0.25, 0.3) is 6.08 Å². The molecule has 0 bridgehead atoms. The Morgan fingerprint density at radius 3 is 2.67 bits per heavy atom. The summed E-state index contributed by atoms with van der Waals surface area (Å²) in [7, 11) is 5.60. The van der Waals surface area contributed by atoms with Crippen LogP contribution in [0.3, 0.4) is 0 Å². The number of carbonyl (C=O) groups excluding carboxylic acids is 1. The van der Waals surface area contributed by atoms with Gasteiger partial charge in [-0.05, 0) is 44.4 Å². The summed E-state index contributed by atoms with van der Waals surface area (Å²) >= 11 is 0. The van der Waals surface area contributed by atoms with Gasteiger partial charge in [0, 0.05) is 17.7 Å². The lowest BCUT2D eigenvalue weighted by atomic mass is 10.1. The molecule has 24 heavy (non-hydrogen) atoms. The topological polar surface area (TPSA) is 38.8 Å². The number of nitrogens with zero attached hydrogens (tertiary/aromatic N) is 1. The zero-order valence-corrected chi connectivity index (χ0v) is 14.4. The van der Waals surface area contributed by atoms with Crippen LogP contribution in [-0.2, 0) is 0 Å². The second-order valence-corrected chi connectivity index (χ2v) is 5.62. The van der Waals surface area contributed by atoms with Crippen molar-refractivity contribution >= 4 is 11.9 Å². The highest BCUT2D eigenvalue weighted by Crippen LogP contribution is 2.19. The molecule has 0 aliphatic carbocycles. The third-order valence-corrected chi connectivity index (χ3v) is 3.48. The first-order valence-corrected chi connectivity index (χ1v) is 7.83. The van der Waals surface area contributed by atoms with Crippen molar-refractivity contribution in [3.05, 3.63) is 65.7 Å². The first kappa shape index (κ1) is 17.8. The van der Waals surface area contributed by atoms with Crippen molar-refractivity contribution in [2.75, 3.05) is 34.4 Å². The molecule has 0 N–H and O–H groups in total. The Kier molecular flexibility index (Phi) is 6.58. The summed E-state index contributed by atoms with van der Waals surface area (Å²) < 4.78 is 10.9. The SMILES string of the molecule is COc1ccccc1C=CC(=O)c1cccc(OCCN(C)C)c1. The van der Waals surface area contributed by atoms with Gasteiger partial charge in [0.2, 0.25) is 0 Å². The van der Waals surface area contributed by atoms with Crippen molar-refractivity contribution in [3.63, 3.8) is 0 Å². The number of benzene rings is 2. The number of para-hydroxylation sites is 1. The van der Waals surface area contributed by atoms with Crippen LogP contribution >= 0.6 is 0 Å². The zero-order valence-electron chi connectivity index (χ0n) is 14.4. The lowest BCUT2D eigenvalue weighted by Crippen LogP contribution is -2.19. The maximum absolute atomic E-state index is 12.4. The second-order valence-electron chi connectivity index (χ2n) is 5.62. The summed E-state index contributed by atoms with van der Waals surface area (Å²) in [5, 5.41) is 0. The van der Waals surface area contributed by atoms with Gasteiger partial charge in [0.15, 0.2) is 5.78 Å². The Bertz CT molecular complexity index is 708. The van der Waals surface area contributed by atoms with Crippen molar-refractivity contribution < 1.29 is 14.3 Å². The van der Waals surface area contributed by atoms with E-state index in [1.54, 1.807) is 31.4 Å². The van der Waals surface area contributed by atoms with E-state index >= 15 is 0 Å². The minimum absolute atomic E-state index is 0.0704. The van der Waals surface area contributed by atoms with Crippen LogP contribution in [0.5, 0.6) is 11.5 Å². The number of hydrogen-bond acceptors (Lipinski definition) is 4. The van der Waals surface area contributed by atoms with Crippen LogP contribution in [0.2, 0.25) is 0 Å². The molecule has 0 radical (unpaired) electrons. The van der Waals surface area contributed by atoms with Gasteiger partial charge in [-0.1, -0.05) is 30.3 Å². The third-order valence-electron chi connectivity index (χ3n) is 3.48. The first-order chi connectivity index (χ1) is 11.6. The van der Waals surface area contributed by atoms with Crippen molar-refractivity contribution in [1.82, 2.24) is 4.90 Å². The zero-order chi connectivity index (χ0) is 17.4. The molecule has 0 unspecified atom stereocenters. The fourth-order valence-corrected chi connectivity index (χ4v) is 2.15. The van der Waals surface area contributed by atoms with Crippen molar-refractivity contribution in [2.45, 2.75) is 0 Å². The number of methoxy groups -OCH3 is 1. The number of carbonyl (C=O) groups is 1. The lowest BCUT2D eigenvalue weighted by molar-refractivity contribution is 0.104. The number of ketones is 1. The molecule has 0 amide bonds. The molecule has 4 nitrogen and oxygen atoms in total. The first-order valence-electron chi connectivity index (χ1n) is 7.83. The van der Waals surface area contributed by atoms with Gasteiger partial charge in [-0.3, -0.25) is 4.79 Å². The van der Waals surface area contributed by atoms with Crippen LogP contribution in [0, 0.1) is 0 Å². The van der Waals surface area contributed by atoms with Gasteiger partial charge in [0.25, 0.3) is 0 Å². The molecule has 0 spiro atoms. The lowest BCUT2D eigenvalue weighted by Gasteiger charge is -2.11. The van der Waals surface area contributed by atoms with Crippen molar-refractivity contribution in [2.24, 2.45) is 0 Å². The highest BCUT2D eigenvalue weighted by molar-refractivity contribution is 6.07. The largest absolute Gasteiger partial charge is 0.496 e. The standard InChI is InChI=1S/C20H23NO3/c1-21(2)13-14-24-18-9-6-8-17(15-18)19(22)12-11-16-7-4-5-10-20(16)23-3/h4-12,15H,13-14H2,1-3H3. The Morgan fingerprint density at radius 1 is 1.12 bits per heavy atom. The van der Waals surface area contributed by atoms with E-state index < -0.39 is 0 Å². The van der Waals surface area contributed by atoms with Gasteiger partial charge in [-0.15, -0.1) is 0 Å². The molecular weight excluding hydrogens is 302 g/mol. The number of hydrogen-bond donors (Lipinski definition) is 0. The minimum atomic E-state index is -0.0704. The van der Waals surface area contributed by atoms with Gasteiger partial charge in [0.1, 0.15) is 18.1 Å². The quantitative estimate of drug-likeness (QED) is 0.550. The third kappa shape index (κ3) is 5.25. The molecule has 0 heterocycles. The van der Waals surface area contributed by atoms with E-state index in [4.69, 9.17) is 9.47 Å². The predicted molar refractivity (Wildman–Crippen MR) is 96.8 cm³/mol. The van der Waals surface area contributed by atoms with E-state index in [0.29, 0.717) is 17.9 Å². The van der Waals surface area contributed by atoms with Crippen LogP contribution in [0.1, 0.15) is 15.9 Å². The molecule has 0 saturated heterocycles. The molecule has 0 fully saturated rings. The Hall–Kier alpha value is -2.59. The number of allylic oxidation sites excluding steroid dienone is 1. The summed E-state index contributed by atoms with van der Waals surface area (Å²) in [5.74, 6) is 1.37. The molecule has 0 saturated carbocycles. The predicted octanol–water partition coefficient (Wildman–Crippen LogP) is 3.53. The maximum Gasteiger partial charge on any atom is 0.185 e. The fraction of sp³-hybridized carbons (Fsp3) is 0.250. The molecule has 4 heteroatoms. The van der Waals surface area contributed by atoms with E-state index in [1.807, 2.05) is 55.4 Å². The molecule has 0 atom stereocenters. The normalized spacial score (nSPS) is 11.0. The van der Waals surface area contributed by atoms with Crippen LogP contribution in [-0.4, -0.2) is 45.0 Å². The summed E-state index contributed by atoms with van der Waals surface area (Å²) in [4.78, 5) is 14.4. The minimum Gasteiger partial charge on any atom is -0.496 e. The van der Waals surface area contributed by atoms with E-state index in [9.17, 15) is 4.79 Å². The molecule has 0 aromatic heterocycles. The van der Waals surface area contributed by atoms with Gasteiger partial charge < -0.3 is 14.4 Å². The van der Waals surface area contributed by atoms with E-state index in [-0.39, 0.29) is 5.78 Å². The summed E-state index contributed by atoms with van der Waals surface area (Å²) in [6.07, 6.45) is 3.32. The number of likely N-dealkylation sites (N-methyl/N-ethyl adjacent to an activating group) is 1. The number of rotatable bonds is 8. The maximum atomic E-state index is 12.4. The van der Waals surface area contributed by atoms with Crippen LogP contribution in [0.15, 0.2) is 54.6 Å². The average Bonchev–Trinajstić information content (AvgIpc) is 2.60. The molecule has 0 aliphatic heterocycles. The Labute approximate surface area is 143 Å². The van der Waals surface area contributed by atoms with Gasteiger partial charge in [-0.25, -0.2) is 0 Å². The van der Waals surface area contributed by atoms with Gasteiger partial charge in [-0.2, -0.15) is 0 Å². The molecule has 126 valence electrons. The van der Waals surface area contributed by atoms with Crippen molar-refractivity contribution in [3.8, 4) is 11.5 Å². The molecule has 0 aliphatic rings. The monoisotopic (exact) mass is 325 g/mol. The number of ether oxygens (including phenoxy) is 2. The second kappa shape index (κ2) is 8.89. The molecular formula is C20H23NO3. The Balaban J connectivity index is 2.05. The smallest absolute Gasteiger partial charge is 0.185 e. The van der Waals surface area contributed by atoms with E-state index in [1.165, 1.54) is 0 Å². The average molecular weight is 325 g/mol. The summed E-state index contributed by atoms with van der Waals surface area (Å²) in [6.45, 7) is 1.41. The summed E-state index contributed by atoms with van der Waals surface area (Å²) in [6, 6.07) is 14.8.